The van der Waals surface area contributed by atoms with Gasteiger partial charge in [0.2, 0.25) is 17.9 Å². The van der Waals surface area contributed by atoms with Gasteiger partial charge in [0.1, 0.15) is 23.7 Å². The molecule has 0 saturated carbocycles. The van der Waals surface area contributed by atoms with Gasteiger partial charge in [-0.25, -0.2) is 9.36 Å². The van der Waals surface area contributed by atoms with E-state index in [1.54, 1.807) is 36.0 Å². The summed E-state index contributed by atoms with van der Waals surface area (Å²) < 4.78 is 5.71. The number of nitrogens with one attached hydrogen (secondary N) is 2. The maximum absolute atomic E-state index is 13.0. The molecule has 0 aromatic carbocycles. The zero-order valence-corrected chi connectivity index (χ0v) is 20.4. The van der Waals surface area contributed by atoms with Gasteiger partial charge in [0.25, 0.3) is 11.8 Å². The maximum atomic E-state index is 13.0. The summed E-state index contributed by atoms with van der Waals surface area (Å²) >= 11 is 2.21. The van der Waals surface area contributed by atoms with Crippen LogP contribution in [0.2, 0.25) is 0 Å². The van der Waals surface area contributed by atoms with Crippen LogP contribution in [0, 0.1) is 0 Å². The summed E-state index contributed by atoms with van der Waals surface area (Å²) in [6.45, 7) is 2.10. The highest BCUT2D eigenvalue weighted by molar-refractivity contribution is 8.00. The normalized spacial score (nSPS) is 19.3. The summed E-state index contributed by atoms with van der Waals surface area (Å²) in [6.07, 6.45) is 3.94. The second-order valence-corrected chi connectivity index (χ2v) is 9.34. The fourth-order valence-electron chi connectivity index (χ4n) is 3.61. The molecule has 2 aromatic heterocycles. The van der Waals surface area contributed by atoms with Crippen LogP contribution >= 0.6 is 23.3 Å². The third-order valence-electron chi connectivity index (χ3n) is 5.18. The minimum Gasteiger partial charge on any atom is -0.477 e. The minimum absolute atomic E-state index is 0.0387. The molecule has 1 unspecified atom stereocenters. The number of carboxylic acids is 1. The minimum atomic E-state index is -1.24. The highest BCUT2D eigenvalue weighted by atomic mass is 32.2. The van der Waals surface area contributed by atoms with Crippen LogP contribution in [0.15, 0.2) is 41.0 Å². The predicted octanol–water partition coefficient (Wildman–Crippen LogP) is -0.844. The Hall–Kier alpha value is -4.05. The number of thioether (sulfide) groups is 1. The molecule has 2 atom stereocenters. The van der Waals surface area contributed by atoms with Crippen LogP contribution in [0.4, 0.5) is 10.8 Å². The van der Waals surface area contributed by atoms with Crippen LogP contribution in [-0.4, -0.2) is 73.0 Å². The van der Waals surface area contributed by atoms with Crippen LogP contribution in [0.25, 0.3) is 0 Å². The first-order valence-electron chi connectivity index (χ1n) is 10.5. The number of hydrogen-bond donors (Lipinski definition) is 4. The Bertz CT molecular complexity index is 1260. The lowest BCUT2D eigenvalue weighted by Crippen LogP contribution is -2.71. The molecule has 1 fully saturated rings. The van der Waals surface area contributed by atoms with E-state index < -0.39 is 29.2 Å². The van der Waals surface area contributed by atoms with Gasteiger partial charge in [0, 0.05) is 35.0 Å². The molecule has 2 aromatic rings. The Morgan fingerprint density at radius 3 is 2.78 bits per heavy atom. The molecule has 4 heterocycles. The first-order valence-corrected chi connectivity index (χ1v) is 12.4. The van der Waals surface area contributed by atoms with Crippen LogP contribution in [0.3, 0.4) is 0 Å². The first kappa shape index (κ1) is 25.1. The van der Waals surface area contributed by atoms with Gasteiger partial charge in [0.15, 0.2) is 24.1 Å². The Morgan fingerprint density at radius 1 is 1.42 bits per heavy atom. The van der Waals surface area contributed by atoms with Gasteiger partial charge in [-0.1, -0.05) is 5.16 Å². The number of β-lactam (4-membered cyclic amide) rings is 1. The fraction of sp³-hybridized carbons (Fsp3) is 0.300. The molecule has 16 heteroatoms. The molecule has 2 aliphatic rings. The van der Waals surface area contributed by atoms with Gasteiger partial charge in [-0.2, -0.15) is 9.36 Å². The summed E-state index contributed by atoms with van der Waals surface area (Å²) in [5.74, 6) is -2.26. The lowest BCUT2D eigenvalue weighted by atomic mass is 10.0. The lowest BCUT2D eigenvalue weighted by molar-refractivity contribution is -0.688. The van der Waals surface area contributed by atoms with E-state index in [4.69, 9.17) is 10.6 Å². The molecule has 188 valence electrons. The Morgan fingerprint density at radius 2 is 2.17 bits per heavy atom. The van der Waals surface area contributed by atoms with Crippen molar-refractivity contribution in [3.05, 3.63) is 41.6 Å². The molecule has 3 amide bonds. The van der Waals surface area contributed by atoms with Crippen molar-refractivity contribution >= 4 is 64.0 Å². The molecule has 0 bridgehead atoms. The van der Waals surface area contributed by atoms with Gasteiger partial charge in [0.05, 0.1) is 5.69 Å². The van der Waals surface area contributed by atoms with E-state index in [9.17, 15) is 24.3 Å². The van der Waals surface area contributed by atoms with Crippen molar-refractivity contribution in [1.29, 1.82) is 0 Å². The molecule has 14 nitrogen and oxygen atoms in total. The number of aromatic nitrogens is 3. The standard InChI is InChI=1S/C20H20N8O6S2/c1-2-34-25-12(15-24-20(21)36-26-15)16(30)23-13-17(31)28-14(19(32)33)10(8-35-18(13)28)7-27-5-3-11(4-6-27)22-9-29/h3-6,9,13,18H,2,7-8H2,1H3,(H4,21,23,24,26,30,32,33)/p+1/t13?,18-/m1/s1. The Labute approximate surface area is 212 Å². The van der Waals surface area contributed by atoms with Crippen molar-refractivity contribution < 1.29 is 33.7 Å². The van der Waals surface area contributed by atoms with Gasteiger partial charge >= 0.3 is 5.97 Å². The summed E-state index contributed by atoms with van der Waals surface area (Å²) in [4.78, 5) is 58.7. The van der Waals surface area contributed by atoms with Crippen molar-refractivity contribution in [1.82, 2.24) is 19.6 Å². The molecule has 1 saturated heterocycles. The number of nitrogens with zero attached hydrogens (tertiary/aromatic N) is 5. The van der Waals surface area contributed by atoms with Crippen molar-refractivity contribution in [3.63, 3.8) is 0 Å². The van der Waals surface area contributed by atoms with Crippen LogP contribution < -0.4 is 20.9 Å². The second kappa shape index (κ2) is 10.7. The SMILES string of the molecule is CCON=C(C(=O)NC1C(=O)N2C(C(=O)O)=C(C[n+]3ccc(NC=O)cc3)CS[C@H]12)c1nsc(N)n1. The smallest absolute Gasteiger partial charge is 0.352 e. The molecule has 36 heavy (non-hydrogen) atoms. The molecule has 5 N–H and O–H groups in total. The van der Waals surface area contributed by atoms with E-state index in [1.807, 2.05) is 0 Å². The second-order valence-electron chi connectivity index (χ2n) is 7.45. The van der Waals surface area contributed by atoms with E-state index in [-0.39, 0.29) is 35.5 Å². The van der Waals surface area contributed by atoms with Gasteiger partial charge in [-0.15, -0.1) is 11.8 Å². The molecule has 4 rings (SSSR count). The quantitative estimate of drug-likeness (QED) is 0.0983. The molecular formula is C20H21N8O6S2+. The first-order chi connectivity index (χ1) is 17.3. The Balaban J connectivity index is 1.51. The van der Waals surface area contributed by atoms with Crippen LogP contribution in [-0.2, 0) is 30.6 Å². The number of carbonyl (C=O) groups excluding carboxylic acids is 3. The molecular weight excluding hydrogens is 512 g/mol. The monoisotopic (exact) mass is 533 g/mol. The molecule has 0 spiro atoms. The van der Waals surface area contributed by atoms with Crippen molar-refractivity contribution in [3.8, 4) is 0 Å². The molecule has 0 aliphatic carbocycles. The third-order valence-corrected chi connectivity index (χ3v) is 7.06. The number of nitrogens with two attached hydrogens (primary N) is 1. The van der Waals surface area contributed by atoms with Crippen molar-refractivity contribution in [2.75, 3.05) is 23.4 Å². The number of amides is 3. The Kier molecular flexibility index (Phi) is 7.44. The summed E-state index contributed by atoms with van der Waals surface area (Å²) in [7, 11) is 0. The number of aliphatic carboxylic acids is 1. The van der Waals surface area contributed by atoms with E-state index in [0.29, 0.717) is 23.4 Å². The molecule has 2 aliphatic heterocycles. The number of pyridine rings is 1. The van der Waals surface area contributed by atoms with E-state index in [0.717, 1.165) is 11.5 Å². The van der Waals surface area contributed by atoms with Crippen LogP contribution in [0.1, 0.15) is 12.7 Å². The highest BCUT2D eigenvalue weighted by Crippen LogP contribution is 2.40. The number of hydrogen-bond acceptors (Lipinski definition) is 11. The lowest BCUT2D eigenvalue weighted by Gasteiger charge is -2.49. The highest BCUT2D eigenvalue weighted by Gasteiger charge is 2.54. The summed E-state index contributed by atoms with van der Waals surface area (Å²) in [5, 5.41) is 18.3. The fourth-order valence-corrected chi connectivity index (χ4v) is 5.38. The number of oxime groups is 1. The van der Waals surface area contributed by atoms with Gasteiger partial charge < -0.3 is 26.3 Å². The predicted molar refractivity (Wildman–Crippen MR) is 128 cm³/mol. The van der Waals surface area contributed by atoms with E-state index in [1.165, 1.54) is 16.7 Å². The summed E-state index contributed by atoms with van der Waals surface area (Å²) in [5.41, 5.74) is 6.36. The molecule has 0 radical (unpaired) electrons. The third kappa shape index (κ3) is 4.99. The van der Waals surface area contributed by atoms with E-state index in [2.05, 4.69) is 25.1 Å². The number of rotatable bonds is 10. The number of carbonyl (C=O) groups is 4. The largest absolute Gasteiger partial charge is 0.477 e. The average molecular weight is 534 g/mol. The topological polar surface area (TPSA) is 193 Å². The van der Waals surface area contributed by atoms with E-state index >= 15 is 0 Å². The number of anilines is 2. The number of fused-ring (bicyclic) bond motifs is 1. The van der Waals surface area contributed by atoms with Crippen molar-refractivity contribution in [2.45, 2.75) is 24.9 Å². The summed E-state index contributed by atoms with van der Waals surface area (Å²) in [6, 6.07) is 2.36. The van der Waals surface area contributed by atoms with Gasteiger partial charge in [-0.05, 0) is 6.92 Å². The number of carboxylic acid groups (broad SMARTS) is 1. The maximum Gasteiger partial charge on any atom is 0.352 e. The average Bonchev–Trinajstić information content (AvgIpc) is 3.29. The van der Waals surface area contributed by atoms with Crippen LogP contribution in [0.5, 0.6) is 0 Å². The van der Waals surface area contributed by atoms with Gasteiger partial charge in [-0.3, -0.25) is 19.3 Å². The number of nitrogen functional groups attached to an aromatic ring is 1. The van der Waals surface area contributed by atoms with Crippen molar-refractivity contribution in [2.24, 2.45) is 5.16 Å². The zero-order chi connectivity index (χ0) is 25.8. The zero-order valence-electron chi connectivity index (χ0n) is 18.8.